The van der Waals surface area contributed by atoms with Gasteiger partial charge in [-0.2, -0.15) is 0 Å². The van der Waals surface area contributed by atoms with Gasteiger partial charge in [0.1, 0.15) is 4.83 Å². The van der Waals surface area contributed by atoms with Crippen LogP contribution >= 0.6 is 11.3 Å². The van der Waals surface area contributed by atoms with Crippen LogP contribution < -0.4 is 5.32 Å². The highest BCUT2D eigenvalue weighted by atomic mass is 32.1. The zero-order chi connectivity index (χ0) is 17.4. The number of benzene rings is 2. The molecule has 2 aromatic carbocycles. The molecule has 2 heterocycles. The number of aryl methyl sites for hydroxylation is 2. The lowest BCUT2D eigenvalue weighted by atomic mass is 10.1. The topological polar surface area (TPSA) is 42.0 Å². The van der Waals surface area contributed by atoms with Crippen LogP contribution in [-0.4, -0.2) is 10.9 Å². The maximum Gasteiger partial charge on any atom is 0.265 e. The van der Waals surface area contributed by atoms with Crippen LogP contribution in [0.15, 0.2) is 54.6 Å². The highest BCUT2D eigenvalue weighted by Gasteiger charge is 2.12. The van der Waals surface area contributed by atoms with Crippen molar-refractivity contribution in [1.29, 1.82) is 0 Å². The predicted octanol–water partition coefficient (Wildman–Crippen LogP) is 5.57. The van der Waals surface area contributed by atoms with Gasteiger partial charge >= 0.3 is 0 Å². The van der Waals surface area contributed by atoms with Crippen LogP contribution in [0, 0.1) is 6.92 Å². The number of amides is 1. The number of hydrogen-bond donors (Lipinski definition) is 1. The maximum absolute atomic E-state index is 12.6. The molecule has 0 unspecified atom stereocenters. The molecule has 0 radical (unpaired) electrons. The van der Waals surface area contributed by atoms with Crippen LogP contribution in [0.25, 0.3) is 21.1 Å². The number of nitrogens with one attached hydrogen (secondary N) is 1. The number of carbonyl (C=O) groups excluding carboxylic acids is 1. The van der Waals surface area contributed by atoms with Crippen molar-refractivity contribution in [3.8, 4) is 0 Å². The molecule has 1 N–H and O–H groups in total. The number of pyridine rings is 1. The minimum atomic E-state index is -0.0903. The van der Waals surface area contributed by atoms with E-state index >= 15 is 0 Å². The number of aromatic nitrogens is 1. The molecule has 3 nitrogen and oxygen atoms in total. The molecular weight excluding hydrogens is 328 g/mol. The fourth-order valence-corrected chi connectivity index (χ4v) is 3.80. The maximum atomic E-state index is 12.6. The average molecular weight is 346 g/mol. The van der Waals surface area contributed by atoms with Crippen molar-refractivity contribution < 1.29 is 4.79 Å². The van der Waals surface area contributed by atoms with Crippen LogP contribution in [0.4, 0.5) is 5.69 Å². The van der Waals surface area contributed by atoms with Gasteiger partial charge in [0.05, 0.1) is 10.4 Å². The number of rotatable bonds is 3. The second kappa shape index (κ2) is 6.30. The highest BCUT2D eigenvalue weighted by Crippen LogP contribution is 2.28. The molecule has 0 saturated heterocycles. The summed E-state index contributed by atoms with van der Waals surface area (Å²) < 4.78 is 0. The number of carbonyl (C=O) groups is 1. The second-order valence-electron chi connectivity index (χ2n) is 6.19. The van der Waals surface area contributed by atoms with Crippen LogP contribution in [0.3, 0.4) is 0 Å². The summed E-state index contributed by atoms with van der Waals surface area (Å²) >= 11 is 1.43. The van der Waals surface area contributed by atoms with Crippen molar-refractivity contribution >= 4 is 44.1 Å². The van der Waals surface area contributed by atoms with E-state index in [2.05, 4.69) is 37.4 Å². The number of fused-ring (bicyclic) bond motifs is 2. The van der Waals surface area contributed by atoms with Crippen molar-refractivity contribution in [2.45, 2.75) is 20.3 Å². The van der Waals surface area contributed by atoms with E-state index in [0.717, 1.165) is 33.2 Å². The van der Waals surface area contributed by atoms with E-state index < -0.39 is 0 Å². The van der Waals surface area contributed by atoms with Gasteiger partial charge in [0.25, 0.3) is 5.91 Å². The van der Waals surface area contributed by atoms with Crippen LogP contribution in [0.2, 0.25) is 0 Å². The molecular formula is C21H18N2OS. The van der Waals surface area contributed by atoms with Gasteiger partial charge in [-0.05, 0) is 55.3 Å². The Morgan fingerprint density at radius 1 is 1.04 bits per heavy atom. The van der Waals surface area contributed by atoms with Crippen molar-refractivity contribution in [3.63, 3.8) is 0 Å². The highest BCUT2D eigenvalue weighted by molar-refractivity contribution is 7.20. The van der Waals surface area contributed by atoms with E-state index in [9.17, 15) is 4.79 Å². The molecule has 0 atom stereocenters. The molecule has 124 valence electrons. The van der Waals surface area contributed by atoms with Gasteiger partial charge in [-0.3, -0.25) is 4.79 Å². The minimum absolute atomic E-state index is 0.0903. The van der Waals surface area contributed by atoms with E-state index in [-0.39, 0.29) is 5.91 Å². The van der Waals surface area contributed by atoms with Crippen molar-refractivity contribution in [1.82, 2.24) is 4.98 Å². The molecule has 0 aliphatic rings. The fraction of sp³-hybridized carbons (Fsp3) is 0.143. The largest absolute Gasteiger partial charge is 0.321 e. The van der Waals surface area contributed by atoms with Gasteiger partial charge < -0.3 is 5.32 Å². The molecule has 4 rings (SSSR count). The molecule has 2 aromatic heterocycles. The minimum Gasteiger partial charge on any atom is -0.321 e. The Morgan fingerprint density at radius 3 is 2.60 bits per heavy atom. The lowest BCUT2D eigenvalue weighted by molar-refractivity contribution is 0.103. The van der Waals surface area contributed by atoms with Crippen molar-refractivity contribution in [3.05, 3.63) is 70.6 Å². The Labute approximate surface area is 150 Å². The first kappa shape index (κ1) is 15.8. The Kier molecular flexibility index (Phi) is 3.98. The Bertz CT molecular complexity index is 1080. The van der Waals surface area contributed by atoms with Crippen LogP contribution in [0.5, 0.6) is 0 Å². The molecule has 1 amide bonds. The Hall–Kier alpha value is -2.72. The van der Waals surface area contributed by atoms with Crippen LogP contribution in [0.1, 0.15) is 27.7 Å². The summed E-state index contributed by atoms with van der Waals surface area (Å²) in [6.45, 7) is 4.18. The number of thiophene rings is 1. The van der Waals surface area contributed by atoms with E-state index in [1.165, 1.54) is 22.5 Å². The standard InChI is InChI=1S/C21H18N2OS/c1-3-14-5-7-17(8-6-14)22-20(24)19-12-16-11-15-10-13(2)4-9-18(15)23-21(16)25-19/h4-12H,3H2,1-2H3,(H,22,24). The fourth-order valence-electron chi connectivity index (χ4n) is 2.88. The predicted molar refractivity (Wildman–Crippen MR) is 106 cm³/mol. The molecule has 0 aliphatic carbocycles. The van der Waals surface area contributed by atoms with Crippen molar-refractivity contribution in [2.24, 2.45) is 0 Å². The van der Waals surface area contributed by atoms with E-state index in [1.54, 1.807) is 0 Å². The first-order valence-corrected chi connectivity index (χ1v) is 9.15. The van der Waals surface area contributed by atoms with Gasteiger partial charge in [0, 0.05) is 16.5 Å². The lowest BCUT2D eigenvalue weighted by Crippen LogP contribution is -2.09. The third kappa shape index (κ3) is 3.13. The van der Waals surface area contributed by atoms with Gasteiger partial charge in [-0.1, -0.05) is 30.7 Å². The molecule has 0 saturated carbocycles. The van der Waals surface area contributed by atoms with Crippen LogP contribution in [-0.2, 0) is 6.42 Å². The molecule has 0 aliphatic heterocycles. The first-order chi connectivity index (χ1) is 12.1. The van der Waals surface area contributed by atoms with E-state index in [0.29, 0.717) is 4.88 Å². The van der Waals surface area contributed by atoms with E-state index in [4.69, 9.17) is 4.98 Å². The van der Waals surface area contributed by atoms with Gasteiger partial charge in [0.15, 0.2) is 0 Å². The summed E-state index contributed by atoms with van der Waals surface area (Å²) in [5.41, 5.74) is 4.24. The molecule has 0 bridgehead atoms. The SMILES string of the molecule is CCc1ccc(NC(=O)c2cc3cc4cc(C)ccc4nc3s2)cc1. The molecule has 25 heavy (non-hydrogen) atoms. The number of hydrogen-bond acceptors (Lipinski definition) is 3. The third-order valence-electron chi connectivity index (χ3n) is 4.30. The van der Waals surface area contributed by atoms with E-state index in [1.807, 2.05) is 36.4 Å². The quantitative estimate of drug-likeness (QED) is 0.527. The lowest BCUT2D eigenvalue weighted by Gasteiger charge is -2.04. The zero-order valence-corrected chi connectivity index (χ0v) is 15.0. The van der Waals surface area contributed by atoms with Crippen molar-refractivity contribution in [2.75, 3.05) is 5.32 Å². The Morgan fingerprint density at radius 2 is 1.84 bits per heavy atom. The molecule has 0 fully saturated rings. The zero-order valence-electron chi connectivity index (χ0n) is 14.2. The summed E-state index contributed by atoms with van der Waals surface area (Å²) in [5, 5.41) is 5.08. The first-order valence-electron chi connectivity index (χ1n) is 8.33. The summed E-state index contributed by atoms with van der Waals surface area (Å²) in [6, 6.07) is 18.2. The molecule has 4 aromatic rings. The summed E-state index contributed by atoms with van der Waals surface area (Å²) in [7, 11) is 0. The smallest absolute Gasteiger partial charge is 0.265 e. The third-order valence-corrected chi connectivity index (χ3v) is 5.34. The number of anilines is 1. The summed E-state index contributed by atoms with van der Waals surface area (Å²) in [4.78, 5) is 18.8. The normalized spacial score (nSPS) is 11.1. The number of nitrogens with zero attached hydrogens (tertiary/aromatic N) is 1. The molecule has 0 spiro atoms. The van der Waals surface area contributed by atoms with Gasteiger partial charge in [0.2, 0.25) is 0 Å². The molecule has 4 heteroatoms. The monoisotopic (exact) mass is 346 g/mol. The average Bonchev–Trinajstić information content (AvgIpc) is 3.03. The summed E-state index contributed by atoms with van der Waals surface area (Å²) in [6.07, 6.45) is 0.989. The second-order valence-corrected chi connectivity index (χ2v) is 7.22. The Balaban J connectivity index is 1.65. The van der Waals surface area contributed by atoms with Gasteiger partial charge in [-0.25, -0.2) is 4.98 Å². The van der Waals surface area contributed by atoms with Gasteiger partial charge in [-0.15, -0.1) is 11.3 Å². The summed E-state index contributed by atoms with van der Waals surface area (Å²) in [5.74, 6) is -0.0903.